The third-order valence-corrected chi connectivity index (χ3v) is 2.29. The highest BCUT2D eigenvalue weighted by Gasteiger charge is 2.09. The van der Waals surface area contributed by atoms with Gasteiger partial charge < -0.3 is 15.7 Å². The Morgan fingerprint density at radius 3 is 2.75 bits per heavy atom. The van der Waals surface area contributed by atoms with Crippen molar-refractivity contribution in [1.29, 1.82) is 0 Å². The van der Waals surface area contributed by atoms with Crippen molar-refractivity contribution in [2.75, 3.05) is 18.9 Å². The normalized spacial score (nSPS) is 11.9. The molecule has 16 heavy (non-hydrogen) atoms. The third kappa shape index (κ3) is 3.55. The quantitative estimate of drug-likeness (QED) is 0.702. The molecule has 1 rings (SSSR count). The van der Waals surface area contributed by atoms with Crippen LogP contribution >= 0.6 is 0 Å². The molecule has 0 bridgehead atoms. The lowest BCUT2D eigenvalue weighted by molar-refractivity contribution is 0.0946. The van der Waals surface area contributed by atoms with Gasteiger partial charge in [0.25, 0.3) is 5.91 Å². The van der Waals surface area contributed by atoms with Crippen molar-refractivity contribution >= 4 is 11.6 Å². The van der Waals surface area contributed by atoms with Gasteiger partial charge in [0.1, 0.15) is 0 Å². The maximum absolute atomic E-state index is 11.8. The van der Waals surface area contributed by atoms with Gasteiger partial charge in [0.15, 0.2) is 0 Å². The summed E-state index contributed by atoms with van der Waals surface area (Å²) in [6.07, 6.45) is 0.174. The molecule has 0 saturated carbocycles. The lowest BCUT2D eigenvalue weighted by atomic mass is 10.1. The van der Waals surface area contributed by atoms with Gasteiger partial charge in [-0.15, -0.1) is 0 Å². The smallest absolute Gasteiger partial charge is 0.253 e. The SMILES string of the molecule is CNc1ccccc1C(=O)NCCC(C)O. The molecule has 0 fully saturated rings. The molecule has 1 unspecified atom stereocenters. The van der Waals surface area contributed by atoms with E-state index < -0.39 is 0 Å². The van der Waals surface area contributed by atoms with Gasteiger partial charge in [0, 0.05) is 19.3 Å². The number of carbonyl (C=O) groups excluding carboxylic acids is 1. The molecule has 0 heterocycles. The number of para-hydroxylation sites is 1. The summed E-state index contributed by atoms with van der Waals surface area (Å²) in [6.45, 7) is 2.18. The Balaban J connectivity index is 2.59. The summed E-state index contributed by atoms with van der Waals surface area (Å²) < 4.78 is 0. The van der Waals surface area contributed by atoms with E-state index >= 15 is 0 Å². The molecular weight excluding hydrogens is 204 g/mol. The van der Waals surface area contributed by atoms with Crippen LogP contribution in [0.3, 0.4) is 0 Å². The molecule has 1 aromatic rings. The van der Waals surface area contributed by atoms with Gasteiger partial charge >= 0.3 is 0 Å². The van der Waals surface area contributed by atoms with Crippen LogP contribution in [0, 0.1) is 0 Å². The van der Waals surface area contributed by atoms with E-state index in [-0.39, 0.29) is 12.0 Å². The number of nitrogens with one attached hydrogen (secondary N) is 2. The number of aliphatic hydroxyl groups is 1. The van der Waals surface area contributed by atoms with Crippen LogP contribution < -0.4 is 10.6 Å². The first-order valence-electron chi connectivity index (χ1n) is 5.38. The van der Waals surface area contributed by atoms with Crippen LogP contribution in [-0.2, 0) is 0 Å². The average molecular weight is 222 g/mol. The second-order valence-corrected chi connectivity index (χ2v) is 3.69. The largest absolute Gasteiger partial charge is 0.393 e. The van der Waals surface area contributed by atoms with E-state index in [1.807, 2.05) is 18.2 Å². The second-order valence-electron chi connectivity index (χ2n) is 3.69. The molecular formula is C12H18N2O2. The number of benzene rings is 1. The first kappa shape index (κ1) is 12.5. The fourth-order valence-electron chi connectivity index (χ4n) is 1.39. The standard InChI is InChI=1S/C12H18N2O2/c1-9(15)7-8-14-12(16)10-5-3-4-6-11(10)13-2/h3-6,9,13,15H,7-8H2,1-2H3,(H,14,16). The molecule has 0 spiro atoms. The van der Waals surface area contributed by atoms with Crippen molar-refractivity contribution in [1.82, 2.24) is 5.32 Å². The molecule has 4 heteroatoms. The minimum absolute atomic E-state index is 0.120. The van der Waals surface area contributed by atoms with Crippen LogP contribution in [-0.4, -0.2) is 30.7 Å². The Hall–Kier alpha value is -1.55. The van der Waals surface area contributed by atoms with Crippen molar-refractivity contribution < 1.29 is 9.90 Å². The van der Waals surface area contributed by atoms with Gasteiger partial charge in [-0.25, -0.2) is 0 Å². The molecule has 0 aliphatic heterocycles. The van der Waals surface area contributed by atoms with Gasteiger partial charge in [-0.05, 0) is 25.5 Å². The molecule has 0 aliphatic rings. The number of aliphatic hydroxyl groups excluding tert-OH is 1. The Morgan fingerprint density at radius 1 is 1.44 bits per heavy atom. The van der Waals surface area contributed by atoms with Crippen molar-refractivity contribution in [3.05, 3.63) is 29.8 Å². The van der Waals surface area contributed by atoms with Crippen LogP contribution in [0.15, 0.2) is 24.3 Å². The Kier molecular flexibility index (Phi) is 4.79. The van der Waals surface area contributed by atoms with E-state index in [1.54, 1.807) is 20.0 Å². The molecule has 1 aromatic carbocycles. The average Bonchev–Trinajstić information content (AvgIpc) is 2.28. The van der Waals surface area contributed by atoms with Crippen molar-refractivity contribution in [3.63, 3.8) is 0 Å². The van der Waals surface area contributed by atoms with E-state index in [1.165, 1.54) is 0 Å². The summed E-state index contributed by atoms with van der Waals surface area (Å²) in [7, 11) is 1.78. The summed E-state index contributed by atoms with van der Waals surface area (Å²) >= 11 is 0. The summed E-state index contributed by atoms with van der Waals surface area (Å²) in [6, 6.07) is 7.32. The van der Waals surface area contributed by atoms with E-state index in [2.05, 4.69) is 10.6 Å². The van der Waals surface area contributed by atoms with Gasteiger partial charge in [-0.2, -0.15) is 0 Å². The maximum Gasteiger partial charge on any atom is 0.253 e. The maximum atomic E-state index is 11.8. The van der Waals surface area contributed by atoms with Gasteiger partial charge in [0.05, 0.1) is 11.7 Å². The molecule has 3 N–H and O–H groups in total. The minimum Gasteiger partial charge on any atom is -0.393 e. The predicted molar refractivity (Wildman–Crippen MR) is 64.6 cm³/mol. The topological polar surface area (TPSA) is 61.4 Å². The van der Waals surface area contributed by atoms with E-state index in [9.17, 15) is 4.79 Å². The minimum atomic E-state index is -0.389. The lowest BCUT2D eigenvalue weighted by Gasteiger charge is -2.10. The number of hydrogen-bond donors (Lipinski definition) is 3. The predicted octanol–water partition coefficient (Wildman–Crippen LogP) is 1.23. The molecule has 88 valence electrons. The van der Waals surface area contributed by atoms with E-state index in [0.29, 0.717) is 18.5 Å². The number of carbonyl (C=O) groups is 1. The number of amides is 1. The summed E-state index contributed by atoms with van der Waals surface area (Å²) in [5, 5.41) is 14.8. The number of anilines is 1. The summed E-state index contributed by atoms with van der Waals surface area (Å²) in [5.74, 6) is -0.120. The van der Waals surface area contributed by atoms with Crippen LogP contribution in [0.5, 0.6) is 0 Å². The van der Waals surface area contributed by atoms with Crippen molar-refractivity contribution in [3.8, 4) is 0 Å². The molecule has 0 aliphatic carbocycles. The monoisotopic (exact) mass is 222 g/mol. The van der Waals surface area contributed by atoms with Crippen LogP contribution in [0.1, 0.15) is 23.7 Å². The van der Waals surface area contributed by atoms with Gasteiger partial charge in [-0.3, -0.25) is 4.79 Å². The van der Waals surface area contributed by atoms with Crippen LogP contribution in [0.2, 0.25) is 0 Å². The molecule has 1 atom stereocenters. The molecule has 0 aromatic heterocycles. The molecule has 1 amide bonds. The number of hydrogen-bond acceptors (Lipinski definition) is 3. The first-order chi connectivity index (χ1) is 7.65. The molecule has 0 saturated heterocycles. The second kappa shape index (κ2) is 6.12. The highest BCUT2D eigenvalue weighted by molar-refractivity contribution is 5.99. The first-order valence-corrected chi connectivity index (χ1v) is 5.38. The summed E-state index contributed by atoms with van der Waals surface area (Å²) in [5.41, 5.74) is 1.42. The number of rotatable bonds is 5. The Morgan fingerprint density at radius 2 is 2.12 bits per heavy atom. The third-order valence-electron chi connectivity index (χ3n) is 2.29. The lowest BCUT2D eigenvalue weighted by Crippen LogP contribution is -2.27. The van der Waals surface area contributed by atoms with Crippen LogP contribution in [0.4, 0.5) is 5.69 Å². The van der Waals surface area contributed by atoms with Gasteiger partial charge in [-0.1, -0.05) is 12.1 Å². The highest BCUT2D eigenvalue weighted by Crippen LogP contribution is 2.13. The molecule has 4 nitrogen and oxygen atoms in total. The fourth-order valence-corrected chi connectivity index (χ4v) is 1.39. The van der Waals surface area contributed by atoms with Gasteiger partial charge in [0.2, 0.25) is 0 Å². The zero-order valence-corrected chi connectivity index (χ0v) is 9.66. The zero-order valence-electron chi connectivity index (χ0n) is 9.66. The Bertz CT molecular complexity index is 351. The summed E-state index contributed by atoms with van der Waals surface area (Å²) in [4.78, 5) is 11.8. The fraction of sp³-hybridized carbons (Fsp3) is 0.417. The highest BCUT2D eigenvalue weighted by atomic mass is 16.3. The van der Waals surface area contributed by atoms with Crippen molar-refractivity contribution in [2.24, 2.45) is 0 Å². The van der Waals surface area contributed by atoms with Crippen molar-refractivity contribution in [2.45, 2.75) is 19.4 Å². The Labute approximate surface area is 95.7 Å². The van der Waals surface area contributed by atoms with Crippen LogP contribution in [0.25, 0.3) is 0 Å². The van der Waals surface area contributed by atoms with E-state index in [0.717, 1.165) is 5.69 Å². The van der Waals surface area contributed by atoms with E-state index in [4.69, 9.17) is 5.11 Å². The molecule has 0 radical (unpaired) electrons. The zero-order chi connectivity index (χ0) is 12.0.